The van der Waals surface area contributed by atoms with Gasteiger partial charge in [-0.25, -0.2) is 5.48 Å². The molecule has 1 rings (SSSR count). The number of likely N-dealkylation sites (tertiary alicyclic amines) is 1. The molecule has 4 N–H and O–H groups in total. The minimum atomic E-state index is -0.718. The van der Waals surface area contributed by atoms with Gasteiger partial charge in [-0.2, -0.15) is 0 Å². The van der Waals surface area contributed by atoms with Crippen molar-refractivity contribution < 1.29 is 19.6 Å². The third-order valence-electron chi connectivity index (χ3n) is 5.84. The topological polar surface area (TPSA) is 111 Å². The Morgan fingerprint density at radius 2 is 1.62 bits per heavy atom. The minimum absolute atomic E-state index is 0.000869. The number of nitrogens with one attached hydrogen (secondary N) is 3. The smallest absolute Gasteiger partial charge is 0.247 e. The summed E-state index contributed by atoms with van der Waals surface area (Å²) in [5, 5.41) is 14.9. The van der Waals surface area contributed by atoms with Crippen molar-refractivity contribution in [3.05, 3.63) is 0 Å². The molecule has 8 heteroatoms. The van der Waals surface area contributed by atoms with Gasteiger partial charge in [0.25, 0.3) is 0 Å². The summed E-state index contributed by atoms with van der Waals surface area (Å²) in [6.07, 6.45) is 2.07. The Balaban J connectivity index is 3.20. The molecule has 0 unspecified atom stereocenters. The van der Waals surface area contributed by atoms with E-state index in [1.165, 1.54) is 0 Å². The molecule has 1 saturated heterocycles. The van der Waals surface area contributed by atoms with Crippen molar-refractivity contribution in [3.8, 4) is 0 Å². The van der Waals surface area contributed by atoms with Crippen molar-refractivity contribution in [2.45, 2.75) is 59.9 Å². The zero-order valence-electron chi connectivity index (χ0n) is 19.0. The van der Waals surface area contributed by atoms with Crippen LogP contribution in [0, 0.1) is 29.1 Å². The lowest BCUT2D eigenvalue weighted by molar-refractivity contribution is -0.145. The number of carbonyl (C=O) groups is 3. The van der Waals surface area contributed by atoms with Crippen LogP contribution in [0.1, 0.15) is 53.9 Å². The molecule has 0 aromatic carbocycles. The molecular formula is C21H40N4O4. The summed E-state index contributed by atoms with van der Waals surface area (Å²) >= 11 is 0. The zero-order valence-corrected chi connectivity index (χ0v) is 19.0. The highest BCUT2D eigenvalue weighted by atomic mass is 16.5. The average molecular weight is 413 g/mol. The number of hydroxylamine groups is 1. The summed E-state index contributed by atoms with van der Waals surface area (Å²) < 4.78 is 0. The lowest BCUT2D eigenvalue weighted by Crippen LogP contribution is -2.56. The van der Waals surface area contributed by atoms with Crippen LogP contribution < -0.4 is 16.1 Å². The molecule has 1 fully saturated rings. The van der Waals surface area contributed by atoms with Crippen molar-refractivity contribution in [1.82, 2.24) is 21.0 Å². The molecule has 0 saturated carbocycles. The van der Waals surface area contributed by atoms with Gasteiger partial charge in [0.15, 0.2) is 0 Å². The predicted molar refractivity (Wildman–Crippen MR) is 112 cm³/mol. The van der Waals surface area contributed by atoms with Crippen LogP contribution in [0.4, 0.5) is 0 Å². The van der Waals surface area contributed by atoms with Crippen molar-refractivity contribution in [2.75, 3.05) is 27.2 Å². The standard InChI is InChI=1S/C21H40N4O4/c1-13(2)12-15(18(26)23-17(20(28)22-6)21(3,4)5)16(19(27)24-29)14-8-10-25(7)11-9-14/h13-17,29H,8-12H2,1-7H3,(H,22,28)(H,23,26)(H,24,27)/t15-,16+,17-/m1/s1. The maximum Gasteiger partial charge on any atom is 0.247 e. The van der Waals surface area contributed by atoms with Crippen LogP contribution in [0.25, 0.3) is 0 Å². The van der Waals surface area contributed by atoms with E-state index in [9.17, 15) is 19.6 Å². The summed E-state index contributed by atoms with van der Waals surface area (Å²) in [4.78, 5) is 40.6. The second-order valence-electron chi connectivity index (χ2n) is 9.80. The van der Waals surface area contributed by atoms with E-state index in [0.717, 1.165) is 25.9 Å². The largest absolute Gasteiger partial charge is 0.357 e. The highest BCUT2D eigenvalue weighted by Gasteiger charge is 2.42. The van der Waals surface area contributed by atoms with Crippen LogP contribution in [0.2, 0.25) is 0 Å². The Morgan fingerprint density at radius 3 is 2.03 bits per heavy atom. The average Bonchev–Trinajstić information content (AvgIpc) is 2.64. The van der Waals surface area contributed by atoms with Crippen molar-refractivity contribution in [2.24, 2.45) is 29.1 Å². The Labute approximate surface area is 175 Å². The third-order valence-corrected chi connectivity index (χ3v) is 5.84. The van der Waals surface area contributed by atoms with Crippen molar-refractivity contribution >= 4 is 17.7 Å². The SMILES string of the molecule is CNC(=O)[C@@H](NC(=O)[C@H](CC(C)C)[C@@H](C(=O)NO)C1CCN(C)CC1)C(C)(C)C. The summed E-state index contributed by atoms with van der Waals surface area (Å²) in [7, 11) is 3.58. The first-order valence-corrected chi connectivity index (χ1v) is 10.6. The van der Waals surface area contributed by atoms with Gasteiger partial charge in [-0.3, -0.25) is 19.6 Å². The molecule has 0 aromatic heterocycles. The molecule has 0 bridgehead atoms. The van der Waals surface area contributed by atoms with Crippen LogP contribution in [-0.2, 0) is 14.4 Å². The van der Waals surface area contributed by atoms with Crippen molar-refractivity contribution in [3.63, 3.8) is 0 Å². The first kappa shape index (κ1) is 25.4. The number of piperidine rings is 1. The normalized spacial score (nSPS) is 19.3. The van der Waals surface area contributed by atoms with E-state index in [4.69, 9.17) is 0 Å². The Hall–Kier alpha value is -1.67. The fourth-order valence-electron chi connectivity index (χ4n) is 4.18. The van der Waals surface area contributed by atoms with Gasteiger partial charge in [0.1, 0.15) is 6.04 Å². The van der Waals surface area contributed by atoms with Gasteiger partial charge in [-0.15, -0.1) is 0 Å². The molecule has 0 aromatic rings. The van der Waals surface area contributed by atoms with E-state index in [0.29, 0.717) is 6.42 Å². The van der Waals surface area contributed by atoms with Gasteiger partial charge in [0.2, 0.25) is 17.7 Å². The Kier molecular flexibility index (Phi) is 9.55. The second kappa shape index (κ2) is 10.9. The molecule has 0 spiro atoms. The molecule has 0 aliphatic carbocycles. The Morgan fingerprint density at radius 1 is 1.07 bits per heavy atom. The summed E-state index contributed by atoms with van der Waals surface area (Å²) in [6, 6.07) is -0.718. The van der Waals surface area contributed by atoms with Gasteiger partial charge < -0.3 is 15.5 Å². The predicted octanol–water partition coefficient (Wildman–Crippen LogP) is 1.39. The van der Waals surface area contributed by atoms with E-state index in [1.54, 1.807) is 12.5 Å². The fraction of sp³-hybridized carbons (Fsp3) is 0.857. The maximum atomic E-state index is 13.4. The highest BCUT2D eigenvalue weighted by Crippen LogP contribution is 2.34. The van der Waals surface area contributed by atoms with Gasteiger partial charge in [-0.1, -0.05) is 34.6 Å². The van der Waals surface area contributed by atoms with E-state index >= 15 is 0 Å². The maximum absolute atomic E-state index is 13.4. The van der Waals surface area contributed by atoms with Crippen LogP contribution in [0.5, 0.6) is 0 Å². The number of carbonyl (C=O) groups excluding carboxylic acids is 3. The molecule has 168 valence electrons. The number of likely N-dealkylation sites (N-methyl/N-ethyl adjacent to an activating group) is 1. The molecule has 3 amide bonds. The number of nitrogens with zero attached hydrogens (tertiary/aromatic N) is 1. The van der Waals surface area contributed by atoms with Gasteiger partial charge in [0, 0.05) is 7.05 Å². The molecule has 1 heterocycles. The lowest BCUT2D eigenvalue weighted by Gasteiger charge is -2.38. The summed E-state index contributed by atoms with van der Waals surface area (Å²) in [6.45, 7) is 11.4. The van der Waals surface area contributed by atoms with E-state index in [1.807, 2.05) is 41.7 Å². The number of hydrogen-bond acceptors (Lipinski definition) is 5. The second-order valence-corrected chi connectivity index (χ2v) is 9.80. The van der Waals surface area contributed by atoms with Crippen LogP contribution >= 0.6 is 0 Å². The Bertz CT molecular complexity index is 566. The first-order valence-electron chi connectivity index (χ1n) is 10.6. The summed E-state index contributed by atoms with van der Waals surface area (Å²) in [5.74, 6) is -2.18. The molecule has 0 radical (unpaired) electrons. The van der Waals surface area contributed by atoms with E-state index in [-0.39, 0.29) is 23.7 Å². The van der Waals surface area contributed by atoms with Gasteiger partial charge in [-0.05, 0) is 56.7 Å². The number of amides is 3. The molecule has 1 aliphatic rings. The molecule has 3 atom stereocenters. The molecule has 29 heavy (non-hydrogen) atoms. The minimum Gasteiger partial charge on any atom is -0.357 e. The highest BCUT2D eigenvalue weighted by molar-refractivity contribution is 5.91. The monoisotopic (exact) mass is 412 g/mol. The molecular weight excluding hydrogens is 372 g/mol. The van der Waals surface area contributed by atoms with Crippen LogP contribution in [0.3, 0.4) is 0 Å². The number of hydrogen-bond donors (Lipinski definition) is 4. The number of rotatable bonds is 8. The summed E-state index contributed by atoms with van der Waals surface area (Å²) in [5.41, 5.74) is 1.30. The fourth-order valence-corrected chi connectivity index (χ4v) is 4.18. The molecule has 1 aliphatic heterocycles. The quantitative estimate of drug-likeness (QED) is 0.356. The van der Waals surface area contributed by atoms with Crippen LogP contribution in [0.15, 0.2) is 0 Å². The zero-order chi connectivity index (χ0) is 22.4. The third kappa shape index (κ3) is 7.26. The van der Waals surface area contributed by atoms with E-state index < -0.39 is 29.2 Å². The van der Waals surface area contributed by atoms with E-state index in [2.05, 4.69) is 15.5 Å². The van der Waals surface area contributed by atoms with Gasteiger partial charge >= 0.3 is 0 Å². The van der Waals surface area contributed by atoms with Crippen LogP contribution in [-0.4, -0.2) is 61.1 Å². The van der Waals surface area contributed by atoms with Gasteiger partial charge in [0.05, 0.1) is 11.8 Å². The molecule has 8 nitrogen and oxygen atoms in total. The first-order chi connectivity index (χ1) is 13.4. The lowest BCUT2D eigenvalue weighted by atomic mass is 9.72. The van der Waals surface area contributed by atoms with Crippen molar-refractivity contribution in [1.29, 1.82) is 0 Å².